The van der Waals surface area contributed by atoms with Crippen molar-refractivity contribution >= 4 is 44.6 Å². The highest BCUT2D eigenvalue weighted by Gasteiger charge is 2.21. The Morgan fingerprint density at radius 2 is 1.47 bits per heavy atom. The molecule has 5 nitrogen and oxygen atoms in total. The molecule has 0 radical (unpaired) electrons. The van der Waals surface area contributed by atoms with Gasteiger partial charge < -0.3 is 10.4 Å². The lowest BCUT2D eigenvalue weighted by Gasteiger charge is -2.13. The van der Waals surface area contributed by atoms with Gasteiger partial charge in [0.25, 0.3) is 5.91 Å². The van der Waals surface area contributed by atoms with E-state index in [1.54, 1.807) is 13.0 Å². The summed E-state index contributed by atoms with van der Waals surface area (Å²) in [6.45, 7) is 1.73. The van der Waals surface area contributed by atoms with Crippen LogP contribution in [0, 0.1) is 6.92 Å². The molecule has 1 amide bonds. The predicted octanol–water partition coefficient (Wildman–Crippen LogP) is 6.88. The lowest BCUT2D eigenvalue weighted by molar-refractivity contribution is 0.102. The highest BCUT2D eigenvalue weighted by Crippen LogP contribution is 2.31. The maximum atomic E-state index is 13.1. The van der Waals surface area contributed by atoms with Crippen LogP contribution < -0.4 is 5.32 Å². The number of aryl methyl sites for hydroxylation is 3. The first kappa shape index (κ1) is 25.8. The Kier molecular flexibility index (Phi) is 7.69. The third-order valence-electron chi connectivity index (χ3n) is 5.77. The summed E-state index contributed by atoms with van der Waals surface area (Å²) < 4.78 is 26.1. The highest BCUT2D eigenvalue weighted by atomic mass is 35.5. The molecule has 184 valence electrons. The fourth-order valence-electron chi connectivity index (χ4n) is 3.81. The van der Waals surface area contributed by atoms with E-state index in [1.165, 1.54) is 48.0 Å². The van der Waals surface area contributed by atoms with Crippen LogP contribution in [-0.2, 0) is 22.7 Å². The average molecular weight is 540 g/mol. The van der Waals surface area contributed by atoms with Gasteiger partial charge >= 0.3 is 0 Å². The molecule has 0 bridgehead atoms. The summed E-state index contributed by atoms with van der Waals surface area (Å²) in [4.78, 5) is 13.2. The summed E-state index contributed by atoms with van der Waals surface area (Å²) in [5.74, 6) is -0.739. The molecular formula is C28H23Cl2NO4S. The molecule has 0 aromatic heterocycles. The molecule has 0 aliphatic carbocycles. The molecule has 0 atom stereocenters. The first-order valence-corrected chi connectivity index (χ1v) is 13.4. The zero-order chi connectivity index (χ0) is 25.9. The van der Waals surface area contributed by atoms with Gasteiger partial charge in [0.2, 0.25) is 9.84 Å². The molecule has 4 rings (SSSR count). The van der Waals surface area contributed by atoms with Crippen molar-refractivity contribution in [2.24, 2.45) is 0 Å². The van der Waals surface area contributed by atoms with Crippen LogP contribution in [0.1, 0.15) is 27.0 Å². The molecule has 0 spiro atoms. The molecule has 0 unspecified atom stereocenters. The molecule has 0 saturated carbocycles. The van der Waals surface area contributed by atoms with E-state index in [1.807, 2.05) is 36.4 Å². The number of sulfone groups is 1. The zero-order valence-corrected chi connectivity index (χ0v) is 21.7. The number of phenolic OH excluding ortho intramolecular Hbond substituents is 1. The monoisotopic (exact) mass is 539 g/mol. The Morgan fingerprint density at radius 1 is 0.833 bits per heavy atom. The second-order valence-corrected chi connectivity index (χ2v) is 11.1. The summed E-state index contributed by atoms with van der Waals surface area (Å²) in [6.07, 6.45) is 1.46. The number of nitrogens with one attached hydrogen (secondary N) is 1. The molecule has 2 N–H and O–H groups in total. The van der Waals surface area contributed by atoms with Crippen molar-refractivity contribution in [2.45, 2.75) is 29.6 Å². The molecule has 4 aromatic rings. The fourth-order valence-corrected chi connectivity index (χ4v) is 5.39. The van der Waals surface area contributed by atoms with E-state index >= 15 is 0 Å². The Hall–Kier alpha value is -3.32. The van der Waals surface area contributed by atoms with E-state index in [4.69, 9.17) is 23.2 Å². The Bertz CT molecular complexity index is 1520. The van der Waals surface area contributed by atoms with Crippen LogP contribution in [0.15, 0.2) is 94.7 Å². The number of carbonyl (C=O) groups excluding carboxylic acids is 1. The maximum Gasteiger partial charge on any atom is 0.259 e. The molecule has 0 aliphatic rings. The number of anilines is 1. The minimum Gasteiger partial charge on any atom is -0.507 e. The third-order valence-corrected chi connectivity index (χ3v) is 8.12. The summed E-state index contributed by atoms with van der Waals surface area (Å²) in [7, 11) is -3.87. The smallest absolute Gasteiger partial charge is 0.259 e. The fraction of sp³-hybridized carbons (Fsp3) is 0.107. The van der Waals surface area contributed by atoms with Crippen molar-refractivity contribution < 1.29 is 18.3 Å². The van der Waals surface area contributed by atoms with E-state index in [-0.39, 0.29) is 31.8 Å². The third kappa shape index (κ3) is 5.73. The Labute approximate surface area is 220 Å². The van der Waals surface area contributed by atoms with E-state index < -0.39 is 15.7 Å². The highest BCUT2D eigenvalue weighted by molar-refractivity contribution is 7.91. The number of amides is 1. The first-order chi connectivity index (χ1) is 17.1. The average Bonchev–Trinajstić information content (AvgIpc) is 2.86. The first-order valence-electron chi connectivity index (χ1n) is 11.1. The van der Waals surface area contributed by atoms with Crippen LogP contribution in [0.3, 0.4) is 0 Å². The SMILES string of the molecule is Cc1cc(CCc2ccccc2)cc(C(=O)Nc2cc(S(=O)(=O)c3ccc(Cl)cc3)ccc2Cl)c1O. The second kappa shape index (κ2) is 10.7. The van der Waals surface area contributed by atoms with Gasteiger partial charge in [-0.05, 0) is 85.0 Å². The molecule has 0 fully saturated rings. The van der Waals surface area contributed by atoms with Crippen LogP contribution >= 0.6 is 23.2 Å². The van der Waals surface area contributed by atoms with Crippen molar-refractivity contribution in [1.29, 1.82) is 0 Å². The second-order valence-electron chi connectivity index (χ2n) is 8.35. The summed E-state index contributed by atoms with van der Waals surface area (Å²) >= 11 is 12.1. The molecule has 8 heteroatoms. The number of rotatable bonds is 7. The van der Waals surface area contributed by atoms with Gasteiger partial charge in [-0.25, -0.2) is 8.42 Å². The quantitative estimate of drug-likeness (QED) is 0.268. The topological polar surface area (TPSA) is 83.5 Å². The van der Waals surface area contributed by atoms with Gasteiger partial charge in [0, 0.05) is 5.02 Å². The van der Waals surface area contributed by atoms with Crippen LogP contribution in [0.2, 0.25) is 10.0 Å². The van der Waals surface area contributed by atoms with Crippen molar-refractivity contribution in [3.63, 3.8) is 0 Å². The summed E-state index contributed by atoms with van der Waals surface area (Å²) in [5, 5.41) is 13.8. The van der Waals surface area contributed by atoms with Crippen molar-refractivity contribution in [2.75, 3.05) is 5.32 Å². The maximum absolute atomic E-state index is 13.1. The lowest BCUT2D eigenvalue weighted by Crippen LogP contribution is -2.14. The number of phenols is 1. The van der Waals surface area contributed by atoms with E-state index in [2.05, 4.69) is 5.32 Å². The molecule has 0 heterocycles. The predicted molar refractivity (Wildman–Crippen MR) is 143 cm³/mol. The largest absolute Gasteiger partial charge is 0.507 e. The van der Waals surface area contributed by atoms with Gasteiger partial charge in [-0.1, -0.05) is 59.6 Å². The number of hydrogen-bond acceptors (Lipinski definition) is 4. The van der Waals surface area contributed by atoms with Gasteiger partial charge in [0.1, 0.15) is 5.75 Å². The van der Waals surface area contributed by atoms with E-state index in [9.17, 15) is 18.3 Å². The van der Waals surface area contributed by atoms with Crippen molar-refractivity contribution in [3.8, 4) is 5.75 Å². The van der Waals surface area contributed by atoms with Gasteiger partial charge in [0.05, 0.1) is 26.1 Å². The van der Waals surface area contributed by atoms with Crippen molar-refractivity contribution in [3.05, 3.63) is 117 Å². The standard InChI is InChI=1S/C28H23Cl2NO4S/c1-18-15-20(8-7-19-5-3-2-4-6-19)16-24(27(18)32)28(33)31-26-17-23(13-14-25(26)30)36(34,35)22-11-9-21(29)10-12-22/h2-6,9-17,32H,7-8H2,1H3,(H,31,33). The number of carbonyl (C=O) groups is 1. The van der Waals surface area contributed by atoms with Gasteiger partial charge in [-0.3, -0.25) is 4.79 Å². The molecule has 36 heavy (non-hydrogen) atoms. The van der Waals surface area contributed by atoms with Gasteiger partial charge in [0.15, 0.2) is 0 Å². The normalized spacial score (nSPS) is 11.3. The number of aromatic hydroxyl groups is 1. The van der Waals surface area contributed by atoms with Gasteiger partial charge in [-0.2, -0.15) is 0 Å². The molecule has 4 aromatic carbocycles. The molecule has 0 saturated heterocycles. The van der Waals surface area contributed by atoms with Crippen LogP contribution in [0.5, 0.6) is 5.75 Å². The zero-order valence-electron chi connectivity index (χ0n) is 19.3. The van der Waals surface area contributed by atoms with Gasteiger partial charge in [-0.15, -0.1) is 0 Å². The summed E-state index contributed by atoms with van der Waals surface area (Å²) in [6, 6.07) is 23.3. The Balaban J connectivity index is 1.60. The Morgan fingerprint density at radius 3 is 2.17 bits per heavy atom. The number of benzene rings is 4. The number of halogens is 2. The summed E-state index contributed by atoms with van der Waals surface area (Å²) in [5.41, 5.74) is 2.82. The number of hydrogen-bond donors (Lipinski definition) is 2. The molecule has 0 aliphatic heterocycles. The van der Waals surface area contributed by atoms with Crippen molar-refractivity contribution in [1.82, 2.24) is 0 Å². The lowest BCUT2D eigenvalue weighted by atomic mass is 9.99. The van der Waals surface area contributed by atoms with E-state index in [0.29, 0.717) is 17.0 Å². The van der Waals surface area contributed by atoms with Crippen LogP contribution in [-0.4, -0.2) is 19.4 Å². The van der Waals surface area contributed by atoms with Crippen LogP contribution in [0.25, 0.3) is 0 Å². The van der Waals surface area contributed by atoms with E-state index in [0.717, 1.165) is 12.0 Å². The molecular weight excluding hydrogens is 517 g/mol. The van der Waals surface area contributed by atoms with Crippen LogP contribution in [0.4, 0.5) is 5.69 Å². The minimum atomic E-state index is -3.87. The minimum absolute atomic E-state index is 0.0402.